The van der Waals surface area contributed by atoms with Crippen molar-refractivity contribution in [2.24, 2.45) is 7.05 Å². The number of benzene rings is 4. The van der Waals surface area contributed by atoms with E-state index in [2.05, 4.69) is 104 Å². The SMILES string of the molecule is Cc1ccc2c(oc3c(-c4ccc5c(c4)CCCC5c4ccccc4)c(C#N)ccc32)c1-c1cccc[n+]1C. The summed E-state index contributed by atoms with van der Waals surface area (Å²) in [6, 6.07) is 34.6. The van der Waals surface area contributed by atoms with Gasteiger partial charge in [0.05, 0.1) is 17.2 Å². The third kappa shape index (κ3) is 3.75. The minimum Gasteiger partial charge on any atom is -0.454 e. The van der Waals surface area contributed by atoms with E-state index in [1.165, 1.54) is 16.7 Å². The molecule has 0 N–H and O–H groups in total. The molecule has 4 aromatic carbocycles. The van der Waals surface area contributed by atoms with E-state index in [9.17, 15) is 5.26 Å². The summed E-state index contributed by atoms with van der Waals surface area (Å²) in [5.74, 6) is 0.415. The molecule has 0 radical (unpaired) electrons. The molecule has 39 heavy (non-hydrogen) atoms. The van der Waals surface area contributed by atoms with Crippen molar-refractivity contribution < 1.29 is 8.98 Å². The molecule has 1 aliphatic rings. The number of rotatable bonds is 3. The van der Waals surface area contributed by atoms with Gasteiger partial charge in [-0.15, -0.1) is 0 Å². The Labute approximate surface area is 228 Å². The number of fused-ring (bicyclic) bond motifs is 4. The summed E-state index contributed by atoms with van der Waals surface area (Å²) < 4.78 is 8.90. The van der Waals surface area contributed by atoms with Gasteiger partial charge in [0.2, 0.25) is 5.69 Å². The van der Waals surface area contributed by atoms with Gasteiger partial charge in [-0.1, -0.05) is 60.7 Å². The summed E-state index contributed by atoms with van der Waals surface area (Å²) in [5.41, 5.74) is 11.7. The molecule has 0 fully saturated rings. The zero-order chi connectivity index (χ0) is 26.5. The summed E-state index contributed by atoms with van der Waals surface area (Å²) in [4.78, 5) is 0. The van der Waals surface area contributed by atoms with E-state index in [1.54, 1.807) is 0 Å². The predicted molar refractivity (Wildman–Crippen MR) is 156 cm³/mol. The number of pyridine rings is 1. The first-order valence-corrected chi connectivity index (χ1v) is 13.7. The molecule has 0 amide bonds. The summed E-state index contributed by atoms with van der Waals surface area (Å²) >= 11 is 0. The van der Waals surface area contributed by atoms with Gasteiger partial charge in [-0.2, -0.15) is 5.26 Å². The fourth-order valence-electron chi connectivity index (χ4n) is 6.48. The van der Waals surface area contributed by atoms with Crippen LogP contribution in [0.1, 0.15) is 46.6 Å². The molecule has 0 bridgehead atoms. The normalized spacial score (nSPS) is 14.8. The largest absolute Gasteiger partial charge is 0.454 e. The number of aromatic nitrogens is 1. The minimum atomic E-state index is 0.415. The Kier molecular flexibility index (Phi) is 5.56. The van der Waals surface area contributed by atoms with Crippen LogP contribution >= 0.6 is 0 Å². The highest BCUT2D eigenvalue weighted by molar-refractivity contribution is 6.14. The van der Waals surface area contributed by atoms with Gasteiger partial charge in [0.25, 0.3) is 0 Å². The van der Waals surface area contributed by atoms with Crippen LogP contribution in [0.25, 0.3) is 44.3 Å². The van der Waals surface area contributed by atoms with Crippen molar-refractivity contribution >= 4 is 21.9 Å². The molecule has 7 rings (SSSR count). The molecular weight excluding hydrogens is 476 g/mol. The van der Waals surface area contributed by atoms with Crippen LogP contribution in [0, 0.1) is 18.3 Å². The highest BCUT2D eigenvalue weighted by Gasteiger charge is 2.25. The van der Waals surface area contributed by atoms with Crippen molar-refractivity contribution in [1.82, 2.24) is 0 Å². The number of nitriles is 1. The Morgan fingerprint density at radius 3 is 2.41 bits per heavy atom. The number of hydrogen-bond donors (Lipinski definition) is 0. The van der Waals surface area contributed by atoms with E-state index in [0.717, 1.165) is 69.1 Å². The Bertz CT molecular complexity index is 1920. The lowest BCUT2D eigenvalue weighted by atomic mass is 9.78. The first kappa shape index (κ1) is 23.4. The minimum absolute atomic E-state index is 0.415. The van der Waals surface area contributed by atoms with Crippen molar-refractivity contribution in [2.45, 2.75) is 32.1 Å². The van der Waals surface area contributed by atoms with E-state index in [0.29, 0.717) is 11.5 Å². The first-order valence-electron chi connectivity index (χ1n) is 13.7. The monoisotopic (exact) mass is 505 g/mol. The van der Waals surface area contributed by atoms with E-state index >= 15 is 0 Å². The maximum atomic E-state index is 10.2. The zero-order valence-electron chi connectivity index (χ0n) is 22.2. The first-order chi connectivity index (χ1) is 19.1. The topological polar surface area (TPSA) is 40.8 Å². The average Bonchev–Trinajstić information content (AvgIpc) is 3.35. The third-order valence-corrected chi connectivity index (χ3v) is 8.40. The lowest BCUT2D eigenvalue weighted by molar-refractivity contribution is -0.660. The number of furan rings is 1. The molecule has 0 spiro atoms. The zero-order valence-corrected chi connectivity index (χ0v) is 22.2. The smallest absolute Gasteiger partial charge is 0.216 e. The predicted octanol–water partition coefficient (Wildman–Crippen LogP) is 8.39. The number of nitrogens with zero attached hydrogens (tertiary/aromatic N) is 2. The lowest BCUT2D eigenvalue weighted by Gasteiger charge is -2.26. The quantitative estimate of drug-likeness (QED) is 0.227. The van der Waals surface area contributed by atoms with E-state index in [1.807, 2.05) is 18.2 Å². The maximum absolute atomic E-state index is 10.2. The standard InChI is InChI=1S/C36H29N2O/c1-23-14-17-30-31-19-16-27(22-37)34(36(31)39-35(30)33(23)32-13-6-7-20-38(32)2)26-15-18-29-25(21-26)11-8-12-28(29)24-9-4-3-5-10-24/h3-7,9-10,13-21,28H,8,11-12H2,1-2H3/q+1. The fraction of sp³-hybridized carbons (Fsp3) is 0.167. The second-order valence-electron chi connectivity index (χ2n) is 10.7. The third-order valence-electron chi connectivity index (χ3n) is 8.40. The van der Waals surface area contributed by atoms with Gasteiger partial charge < -0.3 is 4.42 Å². The average molecular weight is 506 g/mol. The van der Waals surface area contributed by atoms with Crippen LogP contribution in [0.2, 0.25) is 0 Å². The van der Waals surface area contributed by atoms with Crippen LogP contribution in [0.4, 0.5) is 0 Å². The van der Waals surface area contributed by atoms with Crippen molar-refractivity contribution in [1.29, 1.82) is 5.26 Å². The van der Waals surface area contributed by atoms with Gasteiger partial charge in [0, 0.05) is 34.4 Å². The molecular formula is C36H29N2O+. The Morgan fingerprint density at radius 1 is 0.846 bits per heavy atom. The fourth-order valence-corrected chi connectivity index (χ4v) is 6.48. The van der Waals surface area contributed by atoms with Crippen LogP contribution in [0.5, 0.6) is 0 Å². The highest BCUT2D eigenvalue weighted by atomic mass is 16.3. The Balaban J connectivity index is 1.45. The Hall–Kier alpha value is -4.68. The molecule has 2 aromatic heterocycles. The van der Waals surface area contributed by atoms with Gasteiger partial charge in [-0.3, -0.25) is 0 Å². The molecule has 2 heterocycles. The molecule has 1 aliphatic carbocycles. The summed E-state index contributed by atoms with van der Waals surface area (Å²) in [7, 11) is 2.06. The van der Waals surface area contributed by atoms with Gasteiger partial charge in [0.15, 0.2) is 6.20 Å². The van der Waals surface area contributed by atoms with Crippen LogP contribution in [-0.2, 0) is 13.5 Å². The molecule has 3 nitrogen and oxygen atoms in total. The van der Waals surface area contributed by atoms with Crippen LogP contribution < -0.4 is 4.57 Å². The van der Waals surface area contributed by atoms with Gasteiger partial charge in [-0.25, -0.2) is 4.57 Å². The van der Waals surface area contributed by atoms with Gasteiger partial charge in [0.1, 0.15) is 18.2 Å². The molecule has 0 saturated heterocycles. The van der Waals surface area contributed by atoms with Crippen molar-refractivity contribution in [3.63, 3.8) is 0 Å². The van der Waals surface area contributed by atoms with Crippen molar-refractivity contribution in [3.8, 4) is 28.5 Å². The summed E-state index contributed by atoms with van der Waals surface area (Å²) in [6.07, 6.45) is 5.44. The van der Waals surface area contributed by atoms with Crippen molar-refractivity contribution in [2.75, 3.05) is 0 Å². The lowest BCUT2D eigenvalue weighted by Crippen LogP contribution is -2.30. The number of hydrogen-bond acceptors (Lipinski definition) is 2. The van der Waals surface area contributed by atoms with Crippen LogP contribution in [0.15, 0.2) is 102 Å². The van der Waals surface area contributed by atoms with E-state index in [4.69, 9.17) is 4.42 Å². The molecule has 0 aliphatic heterocycles. The molecule has 0 saturated carbocycles. The van der Waals surface area contributed by atoms with Crippen LogP contribution in [0.3, 0.4) is 0 Å². The van der Waals surface area contributed by atoms with E-state index in [-0.39, 0.29) is 0 Å². The molecule has 188 valence electrons. The highest BCUT2D eigenvalue weighted by Crippen LogP contribution is 2.44. The number of aryl methyl sites for hydroxylation is 3. The second-order valence-corrected chi connectivity index (χ2v) is 10.7. The molecule has 6 aromatic rings. The second kappa shape index (κ2) is 9.26. The van der Waals surface area contributed by atoms with Crippen LogP contribution in [-0.4, -0.2) is 0 Å². The maximum Gasteiger partial charge on any atom is 0.216 e. The molecule has 3 heteroatoms. The van der Waals surface area contributed by atoms with Gasteiger partial charge in [-0.05, 0) is 72.2 Å². The molecule has 1 atom stereocenters. The molecule has 1 unspecified atom stereocenters. The van der Waals surface area contributed by atoms with E-state index < -0.39 is 0 Å². The van der Waals surface area contributed by atoms with Gasteiger partial charge >= 0.3 is 0 Å². The summed E-state index contributed by atoms with van der Waals surface area (Å²) in [6.45, 7) is 2.13. The Morgan fingerprint density at radius 2 is 1.62 bits per heavy atom. The summed E-state index contributed by atoms with van der Waals surface area (Å²) in [5, 5.41) is 12.3. The van der Waals surface area contributed by atoms with Crippen molar-refractivity contribution in [3.05, 3.63) is 125 Å².